The number of piperidine rings is 1. The summed E-state index contributed by atoms with van der Waals surface area (Å²) in [6.45, 7) is 2.21. The quantitative estimate of drug-likeness (QED) is 0.684. The van der Waals surface area contributed by atoms with Gasteiger partial charge in [0, 0.05) is 31.2 Å². The molecular weight excluding hydrogens is 369 g/mol. The number of hydrogen-bond donors (Lipinski definition) is 3. The standard InChI is InChI=1S/C13H17Cl2NO.C4H4O4/c1-16-5-4-11(10(7-16)8-17)9-2-3-12(14)13(15)6-9;5-3(6)1-2-4(7)8/h2-3,6,10-11,17H,4-5,7-8H2,1H3;1-2H,(H,5,6)(H,7,8)/t10-,11+;/m0./s1. The van der Waals surface area contributed by atoms with Gasteiger partial charge in [-0.2, -0.15) is 0 Å². The topological polar surface area (TPSA) is 98.1 Å². The maximum Gasteiger partial charge on any atom is 0.328 e. The van der Waals surface area contributed by atoms with Crippen LogP contribution in [0.4, 0.5) is 0 Å². The Hall–Kier alpha value is -1.60. The maximum absolute atomic E-state index is 9.55. The van der Waals surface area contributed by atoms with E-state index in [4.69, 9.17) is 33.4 Å². The highest BCUT2D eigenvalue weighted by Crippen LogP contribution is 2.35. The summed E-state index contributed by atoms with van der Waals surface area (Å²) in [6.07, 6.45) is 2.17. The molecule has 1 heterocycles. The molecule has 2 atom stereocenters. The average Bonchev–Trinajstić information content (AvgIpc) is 2.56. The van der Waals surface area contributed by atoms with Crippen molar-refractivity contribution >= 4 is 35.1 Å². The van der Waals surface area contributed by atoms with Crippen molar-refractivity contribution in [3.8, 4) is 0 Å². The molecule has 1 aliphatic rings. The fourth-order valence-corrected chi connectivity index (χ4v) is 3.03. The molecule has 1 saturated heterocycles. The number of carbonyl (C=O) groups is 2. The van der Waals surface area contributed by atoms with Crippen molar-refractivity contribution in [1.29, 1.82) is 0 Å². The van der Waals surface area contributed by atoms with Gasteiger partial charge in [0.1, 0.15) is 0 Å². The molecule has 0 aliphatic carbocycles. The van der Waals surface area contributed by atoms with Gasteiger partial charge in [-0.3, -0.25) is 0 Å². The van der Waals surface area contributed by atoms with Gasteiger partial charge in [0.25, 0.3) is 0 Å². The van der Waals surface area contributed by atoms with Crippen molar-refractivity contribution in [3.63, 3.8) is 0 Å². The fourth-order valence-electron chi connectivity index (χ4n) is 2.72. The highest BCUT2D eigenvalue weighted by Gasteiger charge is 2.28. The zero-order valence-electron chi connectivity index (χ0n) is 13.7. The van der Waals surface area contributed by atoms with E-state index in [9.17, 15) is 14.7 Å². The molecule has 0 aromatic heterocycles. The summed E-state index contributed by atoms with van der Waals surface area (Å²) in [5.41, 5.74) is 1.19. The van der Waals surface area contributed by atoms with E-state index in [1.54, 1.807) is 0 Å². The molecule has 1 aromatic carbocycles. The van der Waals surface area contributed by atoms with Crippen LogP contribution in [0.25, 0.3) is 0 Å². The molecule has 0 amide bonds. The SMILES string of the molecule is CN1CC[C@H](c2ccc(Cl)c(Cl)c2)[C@H](CO)C1.O=C(O)C=CC(=O)O. The Morgan fingerprint density at radius 3 is 2.28 bits per heavy atom. The van der Waals surface area contributed by atoms with E-state index in [0.29, 0.717) is 28.1 Å². The fraction of sp³-hybridized carbons (Fsp3) is 0.412. The van der Waals surface area contributed by atoms with Crippen molar-refractivity contribution in [2.75, 3.05) is 26.7 Å². The zero-order valence-corrected chi connectivity index (χ0v) is 15.2. The van der Waals surface area contributed by atoms with Crippen molar-refractivity contribution in [2.45, 2.75) is 12.3 Å². The van der Waals surface area contributed by atoms with Crippen molar-refractivity contribution in [3.05, 3.63) is 46.0 Å². The number of carboxylic acids is 2. The molecule has 1 aliphatic heterocycles. The van der Waals surface area contributed by atoms with Gasteiger partial charge in [0.15, 0.2) is 0 Å². The summed E-state index contributed by atoms with van der Waals surface area (Å²) >= 11 is 12.0. The number of halogens is 2. The summed E-state index contributed by atoms with van der Waals surface area (Å²) in [6, 6.07) is 5.79. The third kappa shape index (κ3) is 7.44. The van der Waals surface area contributed by atoms with Crippen LogP contribution in [0, 0.1) is 5.92 Å². The van der Waals surface area contributed by atoms with Gasteiger partial charge < -0.3 is 20.2 Å². The molecule has 0 saturated carbocycles. The van der Waals surface area contributed by atoms with Gasteiger partial charge >= 0.3 is 11.9 Å². The van der Waals surface area contributed by atoms with E-state index in [0.717, 1.165) is 19.5 Å². The van der Waals surface area contributed by atoms with Gasteiger partial charge in [-0.05, 0) is 43.6 Å². The van der Waals surface area contributed by atoms with E-state index in [1.165, 1.54) is 5.56 Å². The van der Waals surface area contributed by atoms with Crippen LogP contribution in [0.15, 0.2) is 30.4 Å². The predicted molar refractivity (Wildman–Crippen MR) is 96.3 cm³/mol. The minimum absolute atomic E-state index is 0.218. The largest absolute Gasteiger partial charge is 0.478 e. The molecule has 1 aromatic rings. The van der Waals surface area contributed by atoms with Crippen molar-refractivity contribution < 1.29 is 24.9 Å². The maximum atomic E-state index is 9.55. The number of aliphatic carboxylic acids is 2. The van der Waals surface area contributed by atoms with Crippen LogP contribution >= 0.6 is 23.2 Å². The molecule has 25 heavy (non-hydrogen) atoms. The third-order valence-electron chi connectivity index (χ3n) is 3.91. The molecule has 0 bridgehead atoms. The van der Waals surface area contributed by atoms with E-state index in [2.05, 4.69) is 11.9 Å². The molecule has 6 nitrogen and oxygen atoms in total. The minimum Gasteiger partial charge on any atom is -0.478 e. The smallest absolute Gasteiger partial charge is 0.328 e. The minimum atomic E-state index is -1.26. The first-order valence-electron chi connectivity index (χ1n) is 7.62. The number of aliphatic hydroxyl groups excluding tert-OH is 1. The van der Waals surface area contributed by atoms with Gasteiger partial charge in [-0.15, -0.1) is 0 Å². The first-order valence-corrected chi connectivity index (χ1v) is 8.38. The van der Waals surface area contributed by atoms with E-state index < -0.39 is 11.9 Å². The van der Waals surface area contributed by atoms with Gasteiger partial charge in [0.05, 0.1) is 10.0 Å². The first kappa shape index (κ1) is 21.4. The summed E-state index contributed by atoms with van der Waals surface area (Å²) in [4.78, 5) is 21.4. The number of carboxylic acid groups (broad SMARTS) is 2. The lowest BCUT2D eigenvalue weighted by molar-refractivity contribution is -0.134. The van der Waals surface area contributed by atoms with Crippen LogP contribution in [0.2, 0.25) is 10.0 Å². The molecule has 1 fully saturated rings. The van der Waals surface area contributed by atoms with Crippen LogP contribution in [-0.2, 0) is 9.59 Å². The summed E-state index contributed by atoms with van der Waals surface area (Å²) in [5.74, 6) is -1.85. The highest BCUT2D eigenvalue weighted by atomic mass is 35.5. The summed E-state index contributed by atoms with van der Waals surface area (Å²) in [5, 5.41) is 26.3. The number of hydrogen-bond acceptors (Lipinski definition) is 4. The van der Waals surface area contributed by atoms with E-state index in [1.807, 2.05) is 18.2 Å². The summed E-state index contributed by atoms with van der Waals surface area (Å²) in [7, 11) is 2.09. The predicted octanol–water partition coefficient (Wildman–Crippen LogP) is 2.73. The molecule has 3 N–H and O–H groups in total. The molecule has 8 heteroatoms. The lowest BCUT2D eigenvalue weighted by Crippen LogP contribution is -2.38. The van der Waals surface area contributed by atoms with Crippen LogP contribution < -0.4 is 0 Å². The third-order valence-corrected chi connectivity index (χ3v) is 4.65. The Labute approximate surface area is 156 Å². The van der Waals surface area contributed by atoms with Crippen molar-refractivity contribution in [1.82, 2.24) is 4.90 Å². The second-order valence-electron chi connectivity index (χ2n) is 5.78. The Bertz CT molecular complexity index is 619. The van der Waals surface area contributed by atoms with E-state index >= 15 is 0 Å². The van der Waals surface area contributed by atoms with Gasteiger partial charge in [-0.1, -0.05) is 29.3 Å². The normalized spacial score (nSPS) is 20.8. The van der Waals surface area contributed by atoms with Crippen LogP contribution in [-0.4, -0.2) is 58.9 Å². The van der Waals surface area contributed by atoms with E-state index in [-0.39, 0.29) is 12.5 Å². The number of benzene rings is 1. The number of likely N-dealkylation sites (tertiary alicyclic amines) is 1. The van der Waals surface area contributed by atoms with Gasteiger partial charge in [-0.25, -0.2) is 9.59 Å². The molecule has 0 unspecified atom stereocenters. The second kappa shape index (κ2) is 10.4. The Kier molecular flexibility index (Phi) is 8.92. The molecule has 138 valence electrons. The Morgan fingerprint density at radius 1 is 1.20 bits per heavy atom. The Balaban J connectivity index is 0.000000333. The number of nitrogens with zero attached hydrogens (tertiary/aromatic N) is 1. The lowest BCUT2D eigenvalue weighted by atomic mass is 9.81. The van der Waals surface area contributed by atoms with Crippen molar-refractivity contribution in [2.24, 2.45) is 5.92 Å². The number of aliphatic hydroxyl groups is 1. The first-order chi connectivity index (χ1) is 11.7. The van der Waals surface area contributed by atoms with Crippen LogP contribution in [0.3, 0.4) is 0 Å². The Morgan fingerprint density at radius 2 is 1.80 bits per heavy atom. The average molecular weight is 390 g/mol. The molecule has 0 spiro atoms. The highest BCUT2D eigenvalue weighted by molar-refractivity contribution is 6.42. The van der Waals surface area contributed by atoms with Crippen LogP contribution in [0.5, 0.6) is 0 Å². The second-order valence-corrected chi connectivity index (χ2v) is 6.60. The molecular formula is C17H21Cl2NO5. The monoisotopic (exact) mass is 389 g/mol. The molecule has 2 rings (SSSR count). The molecule has 0 radical (unpaired) electrons. The number of rotatable bonds is 4. The lowest BCUT2D eigenvalue weighted by Gasteiger charge is -2.36. The summed E-state index contributed by atoms with van der Waals surface area (Å²) < 4.78 is 0. The van der Waals surface area contributed by atoms with Crippen LogP contribution in [0.1, 0.15) is 17.9 Å². The zero-order chi connectivity index (χ0) is 19.0. The van der Waals surface area contributed by atoms with Gasteiger partial charge in [0.2, 0.25) is 0 Å².